The molecule has 0 spiro atoms. The van der Waals surface area contributed by atoms with E-state index in [-0.39, 0.29) is 24.6 Å². The average molecular weight is 348 g/mol. The number of esters is 1. The number of nitrogens with zero attached hydrogens (tertiary/aromatic N) is 1. The molecule has 1 aromatic rings. The highest BCUT2D eigenvalue weighted by Gasteiger charge is 2.32. The van der Waals surface area contributed by atoms with Gasteiger partial charge in [0.2, 0.25) is 5.91 Å². The first kappa shape index (κ1) is 18.6. The van der Waals surface area contributed by atoms with Crippen molar-refractivity contribution in [3.8, 4) is 0 Å². The summed E-state index contributed by atoms with van der Waals surface area (Å²) in [6.45, 7) is 4.42. The molecule has 1 aliphatic rings. The van der Waals surface area contributed by atoms with E-state index in [1.807, 2.05) is 6.92 Å². The predicted octanol–water partition coefficient (Wildman–Crippen LogP) is 2.05. The number of nitrogens with one attached hydrogen (secondary N) is 1. The number of non-ortho nitro benzene ring substituents is 1. The van der Waals surface area contributed by atoms with Crippen LogP contribution >= 0.6 is 0 Å². The Labute approximate surface area is 145 Å². The number of amides is 1. The maximum Gasteiger partial charge on any atom is 0.336 e. The quantitative estimate of drug-likeness (QED) is 0.350. The second kappa shape index (κ2) is 8.39. The summed E-state index contributed by atoms with van der Waals surface area (Å²) in [6.07, 6.45) is 0.0744. The van der Waals surface area contributed by atoms with E-state index in [1.165, 1.54) is 12.1 Å². The lowest BCUT2D eigenvalue weighted by Crippen LogP contribution is -2.34. The Hall–Kier alpha value is -2.74. The van der Waals surface area contributed by atoms with Gasteiger partial charge in [0.05, 0.1) is 17.1 Å². The van der Waals surface area contributed by atoms with Crippen molar-refractivity contribution in [3.63, 3.8) is 0 Å². The van der Waals surface area contributed by atoms with E-state index in [2.05, 4.69) is 5.32 Å². The Morgan fingerprint density at radius 3 is 2.60 bits per heavy atom. The summed E-state index contributed by atoms with van der Waals surface area (Å²) in [5.74, 6) is -1.25. The number of nitro benzene ring substituents is 1. The number of carbonyl (C=O) groups is 2. The molecule has 1 amide bonds. The van der Waals surface area contributed by atoms with E-state index in [4.69, 9.17) is 9.47 Å². The van der Waals surface area contributed by atoms with Gasteiger partial charge in [0.1, 0.15) is 6.61 Å². The molecule has 0 saturated carbocycles. The van der Waals surface area contributed by atoms with Crippen LogP contribution in [0.3, 0.4) is 0 Å². The molecule has 1 aliphatic heterocycles. The number of hydrogen-bond donors (Lipinski definition) is 1. The Morgan fingerprint density at radius 1 is 1.32 bits per heavy atom. The first-order chi connectivity index (χ1) is 11.9. The molecule has 0 saturated heterocycles. The lowest BCUT2D eigenvalue weighted by Gasteiger charge is -2.26. The van der Waals surface area contributed by atoms with Crippen molar-refractivity contribution in [2.45, 2.75) is 26.2 Å². The normalized spacial score (nSPS) is 17.2. The second-order valence-electron chi connectivity index (χ2n) is 5.53. The van der Waals surface area contributed by atoms with Crippen LogP contribution in [0.15, 0.2) is 35.5 Å². The zero-order valence-electron chi connectivity index (χ0n) is 14.1. The van der Waals surface area contributed by atoms with E-state index in [0.29, 0.717) is 30.0 Å². The van der Waals surface area contributed by atoms with E-state index >= 15 is 0 Å². The van der Waals surface area contributed by atoms with Crippen molar-refractivity contribution >= 4 is 17.6 Å². The van der Waals surface area contributed by atoms with Crippen LogP contribution in [0.25, 0.3) is 0 Å². The SMILES string of the molecule is CCOCCOC(=O)C1=C(C)NC(=O)C[C@H]1c1ccc([N+](=O)[O-])cc1. The van der Waals surface area contributed by atoms with Gasteiger partial charge >= 0.3 is 5.97 Å². The summed E-state index contributed by atoms with van der Waals surface area (Å²) in [7, 11) is 0. The number of ether oxygens (including phenoxy) is 2. The standard InChI is InChI=1S/C17H20N2O6/c1-3-24-8-9-25-17(21)16-11(2)18-15(20)10-14(16)12-4-6-13(7-5-12)19(22)23/h4-7,14H,3,8-10H2,1-2H3,(H,18,20)/t14-/m0/s1. The number of hydrogen-bond acceptors (Lipinski definition) is 6. The molecular weight excluding hydrogens is 328 g/mol. The molecule has 0 bridgehead atoms. The number of allylic oxidation sites excluding steroid dienone is 1. The summed E-state index contributed by atoms with van der Waals surface area (Å²) >= 11 is 0. The van der Waals surface area contributed by atoms with Crippen LogP contribution in [-0.4, -0.2) is 36.6 Å². The molecule has 8 heteroatoms. The van der Waals surface area contributed by atoms with Crippen LogP contribution in [0, 0.1) is 10.1 Å². The first-order valence-corrected chi connectivity index (χ1v) is 7.93. The fourth-order valence-electron chi connectivity index (χ4n) is 2.70. The van der Waals surface area contributed by atoms with Crippen LogP contribution in [0.2, 0.25) is 0 Å². The molecule has 0 aliphatic carbocycles. The smallest absolute Gasteiger partial charge is 0.336 e. The fraction of sp³-hybridized carbons (Fsp3) is 0.412. The van der Waals surface area contributed by atoms with Gasteiger partial charge in [-0.2, -0.15) is 0 Å². The van der Waals surface area contributed by atoms with Gasteiger partial charge in [-0.3, -0.25) is 14.9 Å². The number of benzene rings is 1. The Balaban J connectivity index is 2.23. The Kier molecular flexibility index (Phi) is 6.24. The van der Waals surface area contributed by atoms with E-state index in [9.17, 15) is 19.7 Å². The topological polar surface area (TPSA) is 108 Å². The molecule has 0 radical (unpaired) electrons. The summed E-state index contributed by atoms with van der Waals surface area (Å²) in [5.41, 5.74) is 1.38. The number of carbonyl (C=O) groups excluding carboxylic acids is 2. The zero-order chi connectivity index (χ0) is 18.4. The third kappa shape index (κ3) is 4.63. The van der Waals surface area contributed by atoms with Crippen LogP contribution < -0.4 is 5.32 Å². The molecule has 1 aromatic carbocycles. The lowest BCUT2D eigenvalue weighted by atomic mass is 9.84. The van der Waals surface area contributed by atoms with E-state index < -0.39 is 16.8 Å². The number of nitro groups is 1. The molecule has 25 heavy (non-hydrogen) atoms. The van der Waals surface area contributed by atoms with Gasteiger partial charge in [-0.05, 0) is 19.4 Å². The summed E-state index contributed by atoms with van der Waals surface area (Å²) in [4.78, 5) is 34.6. The molecule has 1 N–H and O–H groups in total. The number of rotatable bonds is 7. The minimum absolute atomic E-state index is 0.0504. The first-order valence-electron chi connectivity index (χ1n) is 7.93. The van der Waals surface area contributed by atoms with Crippen molar-refractivity contribution in [3.05, 3.63) is 51.2 Å². The third-order valence-corrected chi connectivity index (χ3v) is 3.86. The van der Waals surface area contributed by atoms with Crippen molar-refractivity contribution in [1.82, 2.24) is 5.32 Å². The van der Waals surface area contributed by atoms with Crippen LogP contribution in [0.1, 0.15) is 31.7 Å². The molecule has 1 heterocycles. The van der Waals surface area contributed by atoms with E-state index in [1.54, 1.807) is 19.1 Å². The lowest BCUT2D eigenvalue weighted by molar-refractivity contribution is -0.384. The monoisotopic (exact) mass is 348 g/mol. The molecule has 0 fully saturated rings. The summed E-state index contributed by atoms with van der Waals surface area (Å²) in [5, 5.41) is 13.4. The summed E-state index contributed by atoms with van der Waals surface area (Å²) < 4.78 is 10.4. The highest BCUT2D eigenvalue weighted by molar-refractivity contribution is 5.95. The second-order valence-corrected chi connectivity index (χ2v) is 5.53. The average Bonchev–Trinajstić information content (AvgIpc) is 2.58. The van der Waals surface area contributed by atoms with Gasteiger partial charge in [0.15, 0.2) is 0 Å². The van der Waals surface area contributed by atoms with Gasteiger partial charge in [0, 0.05) is 36.8 Å². The molecule has 134 valence electrons. The van der Waals surface area contributed by atoms with Gasteiger partial charge in [0.25, 0.3) is 5.69 Å². The largest absolute Gasteiger partial charge is 0.460 e. The van der Waals surface area contributed by atoms with Crippen LogP contribution in [0.5, 0.6) is 0 Å². The summed E-state index contributed by atoms with van der Waals surface area (Å²) in [6, 6.07) is 5.83. The molecule has 1 atom stereocenters. The van der Waals surface area contributed by atoms with Crippen LogP contribution in [-0.2, 0) is 19.1 Å². The zero-order valence-corrected chi connectivity index (χ0v) is 14.1. The third-order valence-electron chi connectivity index (χ3n) is 3.86. The highest BCUT2D eigenvalue weighted by Crippen LogP contribution is 2.34. The van der Waals surface area contributed by atoms with Crippen molar-refractivity contribution in [1.29, 1.82) is 0 Å². The maximum absolute atomic E-state index is 12.4. The minimum atomic E-state index is -0.527. The molecule has 8 nitrogen and oxygen atoms in total. The Morgan fingerprint density at radius 2 is 2.00 bits per heavy atom. The van der Waals surface area contributed by atoms with Crippen molar-refractivity contribution in [2.75, 3.05) is 19.8 Å². The van der Waals surface area contributed by atoms with E-state index in [0.717, 1.165) is 0 Å². The van der Waals surface area contributed by atoms with Crippen LogP contribution in [0.4, 0.5) is 5.69 Å². The van der Waals surface area contributed by atoms with Gasteiger partial charge in [-0.15, -0.1) is 0 Å². The van der Waals surface area contributed by atoms with Crippen molar-refractivity contribution < 1.29 is 24.0 Å². The van der Waals surface area contributed by atoms with Gasteiger partial charge in [-0.1, -0.05) is 12.1 Å². The molecule has 2 rings (SSSR count). The molecule has 0 aromatic heterocycles. The molecular formula is C17H20N2O6. The highest BCUT2D eigenvalue weighted by atomic mass is 16.6. The fourth-order valence-corrected chi connectivity index (χ4v) is 2.70. The van der Waals surface area contributed by atoms with Gasteiger partial charge < -0.3 is 14.8 Å². The molecule has 0 unspecified atom stereocenters. The Bertz CT molecular complexity index is 696. The minimum Gasteiger partial charge on any atom is -0.460 e. The van der Waals surface area contributed by atoms with Gasteiger partial charge in [-0.25, -0.2) is 4.79 Å². The predicted molar refractivity (Wildman–Crippen MR) is 88.7 cm³/mol. The van der Waals surface area contributed by atoms with Crippen molar-refractivity contribution in [2.24, 2.45) is 0 Å². The maximum atomic E-state index is 12.4.